The molecule has 0 atom stereocenters. The molecule has 0 fully saturated rings. The lowest BCUT2D eigenvalue weighted by atomic mass is 9.97. The molecule has 4 rings (SSSR count). The van der Waals surface area contributed by atoms with E-state index in [0.717, 1.165) is 48.4 Å². The zero-order valence-corrected chi connectivity index (χ0v) is 17.6. The van der Waals surface area contributed by atoms with Crippen molar-refractivity contribution in [2.45, 2.75) is 59.5 Å². The van der Waals surface area contributed by atoms with Crippen molar-refractivity contribution in [2.24, 2.45) is 5.92 Å². The van der Waals surface area contributed by atoms with E-state index in [4.69, 9.17) is 5.10 Å². The van der Waals surface area contributed by atoms with Gasteiger partial charge in [0.2, 0.25) is 5.91 Å². The number of hydrogen-bond acceptors (Lipinski definition) is 2. The van der Waals surface area contributed by atoms with Crippen molar-refractivity contribution in [1.82, 2.24) is 19.2 Å². The van der Waals surface area contributed by atoms with E-state index in [9.17, 15) is 4.79 Å². The summed E-state index contributed by atoms with van der Waals surface area (Å²) in [5.41, 5.74) is 4.43. The van der Waals surface area contributed by atoms with E-state index in [1.165, 1.54) is 5.56 Å². The molecule has 1 aliphatic heterocycles. The lowest BCUT2D eigenvalue weighted by Gasteiger charge is -2.23. The van der Waals surface area contributed by atoms with Crippen LogP contribution in [0.5, 0.6) is 0 Å². The number of aromatic nitrogens is 3. The van der Waals surface area contributed by atoms with Gasteiger partial charge in [-0.1, -0.05) is 44.4 Å². The average molecular weight is 391 g/mol. The second-order valence-corrected chi connectivity index (χ2v) is 8.06. The van der Waals surface area contributed by atoms with E-state index in [0.29, 0.717) is 13.1 Å². The fourth-order valence-electron chi connectivity index (χ4n) is 4.31. The van der Waals surface area contributed by atoms with Gasteiger partial charge in [0.25, 0.3) is 0 Å². The van der Waals surface area contributed by atoms with Gasteiger partial charge in [0.05, 0.1) is 24.5 Å². The molecular weight excluding hydrogens is 360 g/mol. The molecule has 3 heterocycles. The molecule has 1 aromatic carbocycles. The zero-order chi connectivity index (χ0) is 20.4. The third kappa shape index (κ3) is 3.74. The highest BCUT2D eigenvalue weighted by Crippen LogP contribution is 2.32. The molecule has 1 amide bonds. The second-order valence-electron chi connectivity index (χ2n) is 8.06. The van der Waals surface area contributed by atoms with Gasteiger partial charge in [0, 0.05) is 23.9 Å². The Morgan fingerprint density at radius 2 is 1.69 bits per heavy atom. The maximum atomic E-state index is 13.2. The van der Waals surface area contributed by atoms with Crippen molar-refractivity contribution in [1.29, 1.82) is 0 Å². The maximum Gasteiger partial charge on any atom is 0.226 e. The number of amides is 1. The first-order valence-electron chi connectivity index (χ1n) is 10.7. The van der Waals surface area contributed by atoms with Crippen LogP contribution in [0.25, 0.3) is 11.5 Å². The van der Waals surface area contributed by atoms with Crippen LogP contribution in [0, 0.1) is 12.8 Å². The third-order valence-electron chi connectivity index (χ3n) is 5.79. The summed E-state index contributed by atoms with van der Waals surface area (Å²) in [4.78, 5) is 15.2. The van der Waals surface area contributed by atoms with E-state index in [1.807, 2.05) is 34.1 Å². The predicted octanol–water partition coefficient (Wildman–Crippen LogP) is 5.03. The zero-order valence-electron chi connectivity index (χ0n) is 17.6. The van der Waals surface area contributed by atoms with Gasteiger partial charge in [-0.15, -0.1) is 0 Å². The molecule has 0 saturated carbocycles. The fourth-order valence-corrected chi connectivity index (χ4v) is 4.31. The predicted molar refractivity (Wildman–Crippen MR) is 115 cm³/mol. The highest BCUT2D eigenvalue weighted by Gasteiger charge is 2.33. The summed E-state index contributed by atoms with van der Waals surface area (Å²) in [6.07, 6.45) is 8.11. The van der Waals surface area contributed by atoms with Crippen molar-refractivity contribution in [3.8, 4) is 11.5 Å². The minimum atomic E-state index is 0.133. The molecule has 0 saturated heterocycles. The summed E-state index contributed by atoms with van der Waals surface area (Å²) in [7, 11) is 0. The van der Waals surface area contributed by atoms with E-state index in [-0.39, 0.29) is 11.8 Å². The first-order valence-corrected chi connectivity index (χ1v) is 10.7. The van der Waals surface area contributed by atoms with Crippen molar-refractivity contribution in [2.75, 3.05) is 0 Å². The van der Waals surface area contributed by atoms with E-state index < -0.39 is 0 Å². The van der Waals surface area contributed by atoms with Gasteiger partial charge in [-0.25, -0.2) is 4.68 Å². The lowest BCUT2D eigenvalue weighted by molar-refractivity contribution is -0.136. The maximum absolute atomic E-state index is 13.2. The minimum absolute atomic E-state index is 0.133. The first-order chi connectivity index (χ1) is 14.1. The molecule has 0 aliphatic carbocycles. The SMILES string of the molecule is CCCC(CCC)C(=O)N1Cc2nn(-c3ccc(C)cc3)c(-n3cccc3)c2C1. The first kappa shape index (κ1) is 19.5. The molecular formula is C24H30N4O. The van der Waals surface area contributed by atoms with Crippen LogP contribution in [-0.2, 0) is 17.9 Å². The smallest absolute Gasteiger partial charge is 0.226 e. The summed E-state index contributed by atoms with van der Waals surface area (Å²) in [6, 6.07) is 12.5. The molecule has 0 spiro atoms. The summed E-state index contributed by atoms with van der Waals surface area (Å²) < 4.78 is 4.12. The molecule has 3 aromatic rings. The molecule has 5 heteroatoms. The molecule has 5 nitrogen and oxygen atoms in total. The molecule has 1 aliphatic rings. The van der Waals surface area contributed by atoms with Gasteiger partial charge < -0.3 is 9.47 Å². The van der Waals surface area contributed by atoms with E-state index in [1.54, 1.807) is 0 Å². The van der Waals surface area contributed by atoms with E-state index in [2.05, 4.69) is 49.6 Å². The van der Waals surface area contributed by atoms with Gasteiger partial charge >= 0.3 is 0 Å². The number of carbonyl (C=O) groups excluding carboxylic acids is 1. The molecule has 0 N–H and O–H groups in total. The van der Waals surface area contributed by atoms with Gasteiger partial charge in [0.15, 0.2) is 0 Å². The quantitative estimate of drug-likeness (QED) is 0.568. The third-order valence-corrected chi connectivity index (χ3v) is 5.79. The largest absolute Gasteiger partial charge is 0.332 e. The molecule has 0 radical (unpaired) electrons. The average Bonchev–Trinajstić information content (AvgIpc) is 3.43. The monoisotopic (exact) mass is 390 g/mol. The molecule has 0 unspecified atom stereocenters. The molecule has 2 aromatic heterocycles. The fraction of sp³-hybridized carbons (Fsp3) is 0.417. The normalized spacial score (nSPS) is 13.3. The number of benzene rings is 1. The van der Waals surface area contributed by atoms with Gasteiger partial charge in [-0.3, -0.25) is 4.79 Å². The number of hydrogen-bond donors (Lipinski definition) is 0. The Morgan fingerprint density at radius 1 is 1.03 bits per heavy atom. The second kappa shape index (κ2) is 8.27. The Morgan fingerprint density at radius 3 is 2.31 bits per heavy atom. The van der Waals surface area contributed by atoms with Crippen LogP contribution in [0.4, 0.5) is 0 Å². The highest BCUT2D eigenvalue weighted by atomic mass is 16.2. The number of aryl methyl sites for hydroxylation is 1. The van der Waals surface area contributed by atoms with Crippen LogP contribution < -0.4 is 0 Å². The van der Waals surface area contributed by atoms with Gasteiger partial charge in [-0.2, -0.15) is 5.10 Å². The number of carbonyl (C=O) groups is 1. The van der Waals surface area contributed by atoms with Crippen molar-refractivity contribution in [3.63, 3.8) is 0 Å². The van der Waals surface area contributed by atoms with Crippen LogP contribution in [0.3, 0.4) is 0 Å². The molecule has 29 heavy (non-hydrogen) atoms. The minimum Gasteiger partial charge on any atom is -0.332 e. The van der Waals surface area contributed by atoms with Gasteiger partial charge in [0.1, 0.15) is 5.82 Å². The van der Waals surface area contributed by atoms with Crippen molar-refractivity contribution < 1.29 is 4.79 Å². The van der Waals surface area contributed by atoms with Crippen LogP contribution in [0.15, 0.2) is 48.8 Å². The van der Waals surface area contributed by atoms with Crippen LogP contribution in [0.2, 0.25) is 0 Å². The van der Waals surface area contributed by atoms with Crippen molar-refractivity contribution in [3.05, 3.63) is 65.6 Å². The summed E-state index contributed by atoms with van der Waals surface area (Å²) >= 11 is 0. The highest BCUT2D eigenvalue weighted by molar-refractivity contribution is 5.79. The van der Waals surface area contributed by atoms with E-state index >= 15 is 0 Å². The van der Waals surface area contributed by atoms with Crippen LogP contribution in [-0.4, -0.2) is 25.2 Å². The van der Waals surface area contributed by atoms with Crippen LogP contribution in [0.1, 0.15) is 56.4 Å². The number of fused-ring (bicyclic) bond motifs is 1. The standard InChI is InChI=1S/C24H30N4O/c1-4-8-19(9-5-2)24(29)27-16-21-22(17-27)25-28(20-12-10-18(3)11-13-20)23(21)26-14-6-7-15-26/h6-7,10-15,19H,4-5,8-9,16-17H2,1-3H3. The van der Waals surface area contributed by atoms with Gasteiger partial charge in [-0.05, 0) is 44.0 Å². The number of nitrogens with zero attached hydrogens (tertiary/aromatic N) is 4. The lowest BCUT2D eigenvalue weighted by Crippen LogP contribution is -2.32. The Balaban J connectivity index is 1.68. The summed E-state index contributed by atoms with van der Waals surface area (Å²) in [6.45, 7) is 7.64. The van der Waals surface area contributed by atoms with Crippen molar-refractivity contribution >= 4 is 5.91 Å². The molecule has 0 bridgehead atoms. The Bertz CT molecular complexity index is 963. The molecule has 152 valence electrons. The Hall–Kier alpha value is -2.82. The Kier molecular flexibility index (Phi) is 5.56. The summed E-state index contributed by atoms with van der Waals surface area (Å²) in [5.74, 6) is 1.45. The Labute approximate surface area is 173 Å². The number of rotatable bonds is 7. The summed E-state index contributed by atoms with van der Waals surface area (Å²) in [5, 5.41) is 4.93. The topological polar surface area (TPSA) is 43.1 Å². The van der Waals surface area contributed by atoms with Crippen LogP contribution >= 0.6 is 0 Å².